The standard InChI is InChI=1S/C11H19N3O3S/c1-3-14-18(15,16)8-7-13-9-5-4-6-10(17-2)11(9)12/h4-6,13-14H,3,7-8,12H2,1-2H3. The fourth-order valence-electron chi connectivity index (χ4n) is 1.49. The van der Waals surface area contributed by atoms with Crippen molar-refractivity contribution in [3.63, 3.8) is 0 Å². The molecule has 0 fully saturated rings. The van der Waals surface area contributed by atoms with Gasteiger partial charge in [-0.1, -0.05) is 13.0 Å². The number of hydrogen-bond donors (Lipinski definition) is 3. The number of benzene rings is 1. The van der Waals surface area contributed by atoms with Crippen LogP contribution in [0.2, 0.25) is 0 Å². The molecule has 0 bridgehead atoms. The fourth-order valence-corrected chi connectivity index (χ4v) is 2.44. The zero-order valence-electron chi connectivity index (χ0n) is 10.6. The summed E-state index contributed by atoms with van der Waals surface area (Å²) in [5.41, 5.74) is 6.99. The summed E-state index contributed by atoms with van der Waals surface area (Å²) in [6, 6.07) is 5.31. The van der Waals surface area contributed by atoms with Gasteiger partial charge in [0, 0.05) is 13.1 Å². The van der Waals surface area contributed by atoms with Crippen molar-refractivity contribution in [1.82, 2.24) is 4.72 Å². The molecule has 6 nitrogen and oxygen atoms in total. The van der Waals surface area contributed by atoms with Gasteiger partial charge in [0.2, 0.25) is 10.0 Å². The molecule has 0 aliphatic carbocycles. The SMILES string of the molecule is CCNS(=O)(=O)CCNc1cccc(OC)c1N. The maximum Gasteiger partial charge on any atom is 0.213 e. The van der Waals surface area contributed by atoms with Crippen LogP contribution in [0.1, 0.15) is 6.92 Å². The minimum atomic E-state index is -3.21. The van der Waals surface area contributed by atoms with Gasteiger partial charge in [0.25, 0.3) is 0 Å². The molecule has 7 heteroatoms. The monoisotopic (exact) mass is 273 g/mol. The first-order valence-corrected chi connectivity index (χ1v) is 7.29. The van der Waals surface area contributed by atoms with Gasteiger partial charge in [0.1, 0.15) is 5.75 Å². The molecule has 0 saturated heterocycles. The van der Waals surface area contributed by atoms with Gasteiger partial charge >= 0.3 is 0 Å². The van der Waals surface area contributed by atoms with Crippen LogP contribution in [0.3, 0.4) is 0 Å². The number of anilines is 2. The van der Waals surface area contributed by atoms with Gasteiger partial charge in [0.05, 0.1) is 24.2 Å². The van der Waals surface area contributed by atoms with E-state index in [0.717, 1.165) is 0 Å². The first-order valence-electron chi connectivity index (χ1n) is 5.64. The molecule has 0 atom stereocenters. The Balaban J connectivity index is 2.60. The van der Waals surface area contributed by atoms with Crippen molar-refractivity contribution in [2.24, 2.45) is 0 Å². The Labute approximate surface area is 108 Å². The average Bonchev–Trinajstić information content (AvgIpc) is 2.31. The molecular weight excluding hydrogens is 254 g/mol. The smallest absolute Gasteiger partial charge is 0.213 e. The Hall–Kier alpha value is -1.47. The predicted octanol–water partition coefficient (Wildman–Crippen LogP) is 0.629. The highest BCUT2D eigenvalue weighted by atomic mass is 32.2. The summed E-state index contributed by atoms with van der Waals surface area (Å²) in [6.07, 6.45) is 0. The largest absolute Gasteiger partial charge is 0.495 e. The molecule has 1 aromatic carbocycles. The van der Waals surface area contributed by atoms with Crippen LogP contribution in [-0.2, 0) is 10.0 Å². The third kappa shape index (κ3) is 4.08. The molecule has 0 heterocycles. The molecule has 0 amide bonds. The number of hydrogen-bond acceptors (Lipinski definition) is 5. The van der Waals surface area contributed by atoms with E-state index in [-0.39, 0.29) is 12.3 Å². The molecule has 0 radical (unpaired) electrons. The van der Waals surface area contributed by atoms with E-state index in [2.05, 4.69) is 10.0 Å². The van der Waals surface area contributed by atoms with Gasteiger partial charge in [-0.25, -0.2) is 13.1 Å². The fraction of sp³-hybridized carbons (Fsp3) is 0.455. The maximum atomic E-state index is 11.4. The minimum Gasteiger partial charge on any atom is -0.495 e. The number of methoxy groups -OCH3 is 1. The van der Waals surface area contributed by atoms with Crippen molar-refractivity contribution < 1.29 is 13.2 Å². The van der Waals surface area contributed by atoms with Crippen LogP contribution in [0.15, 0.2) is 18.2 Å². The van der Waals surface area contributed by atoms with E-state index in [9.17, 15) is 8.42 Å². The van der Waals surface area contributed by atoms with Crippen LogP contribution in [-0.4, -0.2) is 34.4 Å². The van der Waals surface area contributed by atoms with Crippen LogP contribution >= 0.6 is 0 Å². The van der Waals surface area contributed by atoms with Crippen molar-refractivity contribution in [2.45, 2.75) is 6.92 Å². The summed E-state index contributed by atoms with van der Waals surface area (Å²) in [5.74, 6) is 0.562. The number of rotatable bonds is 7. The van der Waals surface area contributed by atoms with Gasteiger partial charge in [-0.3, -0.25) is 0 Å². The Morgan fingerprint density at radius 2 is 2.11 bits per heavy atom. The summed E-state index contributed by atoms with van der Waals surface area (Å²) in [5, 5.41) is 2.98. The maximum absolute atomic E-state index is 11.4. The molecule has 0 aliphatic rings. The second-order valence-corrected chi connectivity index (χ2v) is 5.59. The summed E-state index contributed by atoms with van der Waals surface area (Å²) < 4.78 is 30.3. The minimum absolute atomic E-state index is 0.00249. The highest BCUT2D eigenvalue weighted by Crippen LogP contribution is 2.28. The van der Waals surface area contributed by atoms with Gasteiger partial charge in [-0.15, -0.1) is 0 Å². The average molecular weight is 273 g/mol. The van der Waals surface area contributed by atoms with Gasteiger partial charge < -0.3 is 15.8 Å². The molecule has 4 N–H and O–H groups in total. The van der Waals surface area contributed by atoms with Crippen molar-refractivity contribution in [3.05, 3.63) is 18.2 Å². The van der Waals surface area contributed by atoms with Gasteiger partial charge in [-0.05, 0) is 12.1 Å². The second kappa shape index (κ2) is 6.46. The summed E-state index contributed by atoms with van der Waals surface area (Å²) in [7, 11) is -1.68. The quantitative estimate of drug-likeness (QED) is 0.634. The molecule has 0 unspecified atom stereocenters. The lowest BCUT2D eigenvalue weighted by molar-refractivity contribution is 0.417. The molecule has 0 aliphatic heterocycles. The predicted molar refractivity (Wildman–Crippen MR) is 73.4 cm³/mol. The first-order chi connectivity index (χ1) is 8.50. The van der Waals surface area contributed by atoms with Crippen molar-refractivity contribution >= 4 is 21.4 Å². The molecule has 0 aromatic heterocycles. The van der Waals surface area contributed by atoms with Gasteiger partial charge in [-0.2, -0.15) is 0 Å². The highest BCUT2D eigenvalue weighted by Gasteiger charge is 2.09. The molecule has 1 rings (SSSR count). The van der Waals surface area contributed by atoms with E-state index in [1.807, 2.05) is 0 Å². The molecular formula is C11H19N3O3S. The third-order valence-electron chi connectivity index (χ3n) is 2.34. The number of ether oxygens (including phenoxy) is 1. The van der Waals surface area contributed by atoms with Crippen LogP contribution in [0, 0.1) is 0 Å². The van der Waals surface area contributed by atoms with Crippen molar-refractivity contribution in [1.29, 1.82) is 0 Å². The number of nitrogens with two attached hydrogens (primary N) is 1. The highest BCUT2D eigenvalue weighted by molar-refractivity contribution is 7.89. The molecule has 18 heavy (non-hydrogen) atoms. The normalized spacial score (nSPS) is 11.2. The lowest BCUT2D eigenvalue weighted by Gasteiger charge is -2.12. The number of sulfonamides is 1. The second-order valence-electron chi connectivity index (χ2n) is 3.67. The van der Waals surface area contributed by atoms with E-state index in [1.54, 1.807) is 25.1 Å². The molecule has 0 spiro atoms. The zero-order chi connectivity index (χ0) is 13.6. The Morgan fingerprint density at radius 3 is 2.72 bits per heavy atom. The molecule has 102 valence electrons. The number of para-hydroxylation sites is 1. The Bertz CT molecular complexity index is 488. The van der Waals surface area contributed by atoms with Crippen LogP contribution < -0.4 is 20.5 Å². The van der Waals surface area contributed by atoms with E-state index in [1.165, 1.54) is 7.11 Å². The number of nitrogen functional groups attached to an aromatic ring is 1. The summed E-state index contributed by atoms with van der Waals surface area (Å²) in [4.78, 5) is 0. The van der Waals surface area contributed by atoms with E-state index in [4.69, 9.17) is 10.5 Å². The number of nitrogens with one attached hydrogen (secondary N) is 2. The third-order valence-corrected chi connectivity index (χ3v) is 3.81. The van der Waals surface area contributed by atoms with E-state index < -0.39 is 10.0 Å². The van der Waals surface area contributed by atoms with Crippen molar-refractivity contribution in [2.75, 3.05) is 37.0 Å². The lowest BCUT2D eigenvalue weighted by atomic mass is 10.2. The molecule has 1 aromatic rings. The van der Waals surface area contributed by atoms with Crippen molar-refractivity contribution in [3.8, 4) is 5.75 Å². The zero-order valence-corrected chi connectivity index (χ0v) is 11.4. The van der Waals surface area contributed by atoms with Crippen LogP contribution in [0.5, 0.6) is 5.75 Å². The lowest BCUT2D eigenvalue weighted by Crippen LogP contribution is -2.29. The van der Waals surface area contributed by atoms with E-state index >= 15 is 0 Å². The first kappa shape index (κ1) is 14.6. The van der Waals surface area contributed by atoms with Gasteiger partial charge in [0.15, 0.2) is 0 Å². The van der Waals surface area contributed by atoms with Crippen LogP contribution in [0.4, 0.5) is 11.4 Å². The Morgan fingerprint density at radius 1 is 1.39 bits per heavy atom. The summed E-state index contributed by atoms with van der Waals surface area (Å²) >= 11 is 0. The Kier molecular flexibility index (Phi) is 5.24. The molecule has 0 saturated carbocycles. The summed E-state index contributed by atoms with van der Waals surface area (Å²) in [6.45, 7) is 2.42. The van der Waals surface area contributed by atoms with E-state index in [0.29, 0.717) is 23.7 Å². The van der Waals surface area contributed by atoms with Crippen LogP contribution in [0.25, 0.3) is 0 Å². The topological polar surface area (TPSA) is 93.5 Å².